The number of ether oxygens (including phenoxy) is 1. The number of carbonyl (C=O) groups is 1. The molecular formula is C18H19N5O2. The SMILES string of the molecule is CC(C)n1nccc1-c1ncccc1COc1ccnc(N)c1C=O. The molecule has 0 saturated carbocycles. The molecule has 7 nitrogen and oxygen atoms in total. The average molecular weight is 337 g/mol. The highest BCUT2D eigenvalue weighted by molar-refractivity contribution is 5.85. The molecule has 7 heteroatoms. The molecule has 0 aromatic carbocycles. The van der Waals surface area contributed by atoms with Crippen molar-refractivity contribution in [3.8, 4) is 17.1 Å². The number of nitrogens with zero attached hydrogens (tertiary/aromatic N) is 4. The van der Waals surface area contributed by atoms with Crippen molar-refractivity contribution < 1.29 is 9.53 Å². The molecule has 0 aliphatic rings. The first-order valence-corrected chi connectivity index (χ1v) is 7.92. The highest BCUT2D eigenvalue weighted by Crippen LogP contribution is 2.26. The van der Waals surface area contributed by atoms with Gasteiger partial charge in [0, 0.05) is 30.2 Å². The van der Waals surface area contributed by atoms with Crippen LogP contribution in [0, 0.1) is 0 Å². The van der Waals surface area contributed by atoms with Crippen LogP contribution in [0.5, 0.6) is 5.75 Å². The van der Waals surface area contributed by atoms with Gasteiger partial charge >= 0.3 is 0 Å². The first kappa shape index (κ1) is 16.6. The van der Waals surface area contributed by atoms with Crippen LogP contribution in [0.15, 0.2) is 42.9 Å². The number of pyridine rings is 2. The van der Waals surface area contributed by atoms with E-state index >= 15 is 0 Å². The Hall–Kier alpha value is -3.22. The van der Waals surface area contributed by atoms with Gasteiger partial charge in [-0.2, -0.15) is 5.10 Å². The third-order valence-corrected chi connectivity index (χ3v) is 3.78. The van der Waals surface area contributed by atoms with Crippen LogP contribution < -0.4 is 10.5 Å². The molecule has 0 radical (unpaired) electrons. The van der Waals surface area contributed by atoms with Crippen LogP contribution in [-0.4, -0.2) is 26.0 Å². The van der Waals surface area contributed by atoms with Gasteiger partial charge in [0.15, 0.2) is 6.29 Å². The van der Waals surface area contributed by atoms with E-state index in [0.29, 0.717) is 12.0 Å². The van der Waals surface area contributed by atoms with E-state index < -0.39 is 0 Å². The zero-order valence-electron chi connectivity index (χ0n) is 14.1. The van der Waals surface area contributed by atoms with Crippen molar-refractivity contribution in [3.05, 3.63) is 54.0 Å². The Morgan fingerprint density at radius 3 is 2.80 bits per heavy atom. The van der Waals surface area contributed by atoms with E-state index in [9.17, 15) is 4.79 Å². The van der Waals surface area contributed by atoms with Crippen LogP contribution in [0.25, 0.3) is 11.4 Å². The maximum Gasteiger partial charge on any atom is 0.157 e. The molecule has 25 heavy (non-hydrogen) atoms. The highest BCUT2D eigenvalue weighted by atomic mass is 16.5. The van der Waals surface area contributed by atoms with Crippen LogP contribution in [0.3, 0.4) is 0 Å². The number of hydrogen-bond acceptors (Lipinski definition) is 6. The summed E-state index contributed by atoms with van der Waals surface area (Å²) in [4.78, 5) is 19.6. The number of aldehydes is 1. The van der Waals surface area contributed by atoms with Crippen LogP contribution in [0.1, 0.15) is 35.8 Å². The maximum atomic E-state index is 11.2. The summed E-state index contributed by atoms with van der Waals surface area (Å²) >= 11 is 0. The van der Waals surface area contributed by atoms with Gasteiger partial charge in [0.2, 0.25) is 0 Å². The minimum absolute atomic E-state index is 0.150. The fraction of sp³-hybridized carbons (Fsp3) is 0.222. The monoisotopic (exact) mass is 337 g/mol. The topological polar surface area (TPSA) is 95.9 Å². The van der Waals surface area contributed by atoms with Crippen molar-refractivity contribution >= 4 is 12.1 Å². The van der Waals surface area contributed by atoms with Crippen LogP contribution in [0.4, 0.5) is 5.82 Å². The van der Waals surface area contributed by atoms with Crippen molar-refractivity contribution in [2.24, 2.45) is 0 Å². The van der Waals surface area contributed by atoms with Gasteiger partial charge in [-0.3, -0.25) is 14.5 Å². The number of hydrogen-bond donors (Lipinski definition) is 1. The van der Waals surface area contributed by atoms with Gasteiger partial charge in [0.1, 0.15) is 18.2 Å². The van der Waals surface area contributed by atoms with Crippen LogP contribution in [-0.2, 0) is 6.61 Å². The lowest BCUT2D eigenvalue weighted by Crippen LogP contribution is -2.08. The standard InChI is InChI=1S/C18H19N5O2/c1-12(2)23-15(5-9-22-23)17-13(4-3-7-20-17)11-25-16-6-8-21-18(19)14(16)10-24/h3-10,12H,11H2,1-2H3,(H2,19,21). The summed E-state index contributed by atoms with van der Waals surface area (Å²) in [6, 6.07) is 7.54. The van der Waals surface area contributed by atoms with Gasteiger partial charge < -0.3 is 10.5 Å². The molecule has 0 unspecified atom stereocenters. The molecule has 3 rings (SSSR count). The van der Waals surface area contributed by atoms with E-state index in [0.717, 1.165) is 17.0 Å². The first-order chi connectivity index (χ1) is 12.1. The van der Waals surface area contributed by atoms with Gasteiger partial charge in [-0.25, -0.2) is 4.98 Å². The molecule has 0 amide bonds. The molecule has 0 fully saturated rings. The summed E-state index contributed by atoms with van der Waals surface area (Å²) < 4.78 is 7.72. The Kier molecular flexibility index (Phi) is 4.74. The molecule has 0 atom stereocenters. The van der Waals surface area contributed by atoms with E-state index in [1.165, 1.54) is 6.20 Å². The second-order valence-electron chi connectivity index (χ2n) is 5.78. The number of aromatic nitrogens is 4. The Balaban J connectivity index is 1.91. The highest BCUT2D eigenvalue weighted by Gasteiger charge is 2.15. The minimum Gasteiger partial charge on any atom is -0.488 e. The van der Waals surface area contributed by atoms with Crippen LogP contribution in [0.2, 0.25) is 0 Å². The lowest BCUT2D eigenvalue weighted by atomic mass is 10.1. The number of anilines is 1. The molecule has 2 N–H and O–H groups in total. The summed E-state index contributed by atoms with van der Waals surface area (Å²) in [5.74, 6) is 0.548. The molecule has 0 bridgehead atoms. The van der Waals surface area contributed by atoms with Gasteiger partial charge in [-0.05, 0) is 32.0 Å². The largest absolute Gasteiger partial charge is 0.488 e. The second kappa shape index (κ2) is 7.12. The lowest BCUT2D eigenvalue weighted by Gasteiger charge is -2.14. The Morgan fingerprint density at radius 1 is 1.20 bits per heavy atom. The van der Waals surface area contributed by atoms with E-state index in [1.807, 2.05) is 22.9 Å². The lowest BCUT2D eigenvalue weighted by molar-refractivity contribution is 0.111. The van der Waals surface area contributed by atoms with Gasteiger partial charge in [-0.15, -0.1) is 0 Å². The molecule has 3 aromatic rings. The smallest absolute Gasteiger partial charge is 0.157 e. The van der Waals surface area contributed by atoms with Gasteiger partial charge in [0.25, 0.3) is 0 Å². The fourth-order valence-corrected chi connectivity index (χ4v) is 2.57. The van der Waals surface area contributed by atoms with Crippen molar-refractivity contribution in [2.45, 2.75) is 26.5 Å². The number of rotatable bonds is 6. The van der Waals surface area contributed by atoms with Crippen LogP contribution >= 0.6 is 0 Å². The molecule has 0 spiro atoms. The average Bonchev–Trinajstić information content (AvgIpc) is 3.10. The first-order valence-electron chi connectivity index (χ1n) is 7.92. The van der Waals surface area contributed by atoms with Crippen molar-refractivity contribution in [3.63, 3.8) is 0 Å². The van der Waals surface area contributed by atoms with Crippen molar-refractivity contribution in [1.82, 2.24) is 19.7 Å². The van der Waals surface area contributed by atoms with Gasteiger partial charge in [-0.1, -0.05) is 6.07 Å². The predicted octanol–water partition coefficient (Wildman–Crippen LogP) is 2.89. The van der Waals surface area contributed by atoms with E-state index in [4.69, 9.17) is 10.5 Å². The Labute approximate surface area is 145 Å². The van der Waals surface area contributed by atoms with E-state index in [-0.39, 0.29) is 24.0 Å². The predicted molar refractivity (Wildman–Crippen MR) is 94.2 cm³/mol. The Morgan fingerprint density at radius 2 is 2.04 bits per heavy atom. The normalized spacial score (nSPS) is 10.8. The maximum absolute atomic E-state index is 11.2. The molecule has 0 saturated heterocycles. The molecular weight excluding hydrogens is 318 g/mol. The molecule has 0 aliphatic carbocycles. The summed E-state index contributed by atoms with van der Waals surface area (Å²) in [6.45, 7) is 4.37. The molecule has 3 heterocycles. The Bertz CT molecular complexity index is 889. The zero-order chi connectivity index (χ0) is 17.8. The summed E-state index contributed by atoms with van der Waals surface area (Å²) in [5.41, 5.74) is 8.56. The number of carbonyl (C=O) groups excluding carboxylic acids is 1. The summed E-state index contributed by atoms with van der Waals surface area (Å²) in [7, 11) is 0. The third-order valence-electron chi connectivity index (χ3n) is 3.78. The second-order valence-corrected chi connectivity index (χ2v) is 5.78. The number of nitrogens with two attached hydrogens (primary N) is 1. The van der Waals surface area contributed by atoms with Crippen molar-refractivity contribution in [1.29, 1.82) is 0 Å². The molecule has 128 valence electrons. The molecule has 0 aliphatic heterocycles. The van der Waals surface area contributed by atoms with Crippen molar-refractivity contribution in [2.75, 3.05) is 5.73 Å². The number of nitrogen functional groups attached to an aromatic ring is 1. The fourth-order valence-electron chi connectivity index (χ4n) is 2.57. The molecule has 3 aromatic heterocycles. The quantitative estimate of drug-likeness (QED) is 0.695. The zero-order valence-corrected chi connectivity index (χ0v) is 14.1. The third kappa shape index (κ3) is 3.35. The minimum atomic E-state index is 0.150. The summed E-state index contributed by atoms with van der Waals surface area (Å²) in [6.07, 6.45) is 5.64. The van der Waals surface area contributed by atoms with E-state index in [1.54, 1.807) is 18.5 Å². The summed E-state index contributed by atoms with van der Waals surface area (Å²) in [5, 5.41) is 4.36. The van der Waals surface area contributed by atoms with Gasteiger partial charge in [0.05, 0.1) is 17.0 Å². The van der Waals surface area contributed by atoms with E-state index in [2.05, 4.69) is 28.9 Å².